The zero-order valence-electron chi connectivity index (χ0n) is 13.1. The first-order valence-corrected chi connectivity index (χ1v) is 8.33. The van der Waals surface area contributed by atoms with Crippen molar-refractivity contribution in [1.82, 2.24) is 10.6 Å². The molecule has 0 aliphatic heterocycles. The van der Waals surface area contributed by atoms with Crippen molar-refractivity contribution in [2.45, 2.75) is 64.0 Å². The highest BCUT2D eigenvalue weighted by molar-refractivity contribution is 5.76. The molecular formula is C18H28N2O. The number of benzene rings is 1. The second-order valence-corrected chi connectivity index (χ2v) is 6.09. The van der Waals surface area contributed by atoms with Crippen LogP contribution in [0.3, 0.4) is 0 Å². The van der Waals surface area contributed by atoms with E-state index in [0.717, 1.165) is 19.4 Å². The first-order chi connectivity index (χ1) is 10.3. The smallest absolute Gasteiger partial charge is 0.221 e. The molecule has 2 N–H and O–H groups in total. The molecule has 1 fully saturated rings. The predicted molar refractivity (Wildman–Crippen MR) is 87.1 cm³/mol. The van der Waals surface area contributed by atoms with Crippen LogP contribution in [-0.2, 0) is 4.79 Å². The summed E-state index contributed by atoms with van der Waals surface area (Å²) in [6, 6.07) is 11.0. The van der Waals surface area contributed by atoms with Gasteiger partial charge in [0.05, 0.1) is 0 Å². The molecule has 1 aliphatic rings. The third-order valence-corrected chi connectivity index (χ3v) is 4.32. The van der Waals surface area contributed by atoms with Crippen LogP contribution in [0.2, 0.25) is 0 Å². The number of carbonyl (C=O) groups excluding carboxylic acids is 1. The zero-order valence-corrected chi connectivity index (χ0v) is 13.1. The van der Waals surface area contributed by atoms with Crippen LogP contribution in [0.15, 0.2) is 30.3 Å². The summed E-state index contributed by atoms with van der Waals surface area (Å²) in [6.07, 6.45) is 8.03. The minimum atomic E-state index is 0.190. The van der Waals surface area contributed by atoms with Crippen molar-refractivity contribution in [2.24, 2.45) is 0 Å². The van der Waals surface area contributed by atoms with Gasteiger partial charge >= 0.3 is 0 Å². The topological polar surface area (TPSA) is 41.1 Å². The molecule has 1 atom stereocenters. The molecule has 0 saturated heterocycles. The molecule has 21 heavy (non-hydrogen) atoms. The number of hydrogen-bond acceptors (Lipinski definition) is 2. The molecule has 1 saturated carbocycles. The molecule has 1 aromatic carbocycles. The molecule has 0 bridgehead atoms. The first kappa shape index (κ1) is 16.0. The summed E-state index contributed by atoms with van der Waals surface area (Å²) >= 11 is 0. The Labute approximate surface area is 128 Å². The van der Waals surface area contributed by atoms with Gasteiger partial charge in [-0.3, -0.25) is 4.79 Å². The fourth-order valence-corrected chi connectivity index (χ4v) is 2.99. The number of hydrogen-bond donors (Lipinski definition) is 2. The third-order valence-electron chi connectivity index (χ3n) is 4.32. The van der Waals surface area contributed by atoms with Crippen molar-refractivity contribution < 1.29 is 4.79 Å². The van der Waals surface area contributed by atoms with E-state index >= 15 is 0 Å². The van der Waals surface area contributed by atoms with Crippen LogP contribution < -0.4 is 10.6 Å². The van der Waals surface area contributed by atoms with Crippen LogP contribution in [0.1, 0.15) is 63.5 Å². The average Bonchev–Trinajstić information content (AvgIpc) is 2.76. The summed E-state index contributed by atoms with van der Waals surface area (Å²) in [7, 11) is 0. The maximum absolute atomic E-state index is 12.0. The molecule has 3 nitrogen and oxygen atoms in total. The first-order valence-electron chi connectivity index (χ1n) is 8.33. The number of carbonyl (C=O) groups is 1. The third kappa shape index (κ3) is 5.88. The number of amides is 1. The summed E-state index contributed by atoms with van der Waals surface area (Å²) in [5.74, 6) is 0.190. The molecule has 3 heteroatoms. The summed E-state index contributed by atoms with van der Waals surface area (Å²) in [5.41, 5.74) is 1.27. The summed E-state index contributed by atoms with van der Waals surface area (Å²) in [4.78, 5) is 12.0. The van der Waals surface area contributed by atoms with Crippen molar-refractivity contribution in [2.75, 3.05) is 6.54 Å². The standard InChI is InChI=1S/C18H28N2O/c1-15(16-9-5-4-6-10-16)19-14-13-18(21)20-17-11-7-2-3-8-12-17/h4-6,9-10,15,17,19H,2-3,7-8,11-14H2,1H3,(H,20,21). The van der Waals surface area contributed by atoms with Gasteiger partial charge in [-0.1, -0.05) is 56.0 Å². The minimum absolute atomic E-state index is 0.190. The van der Waals surface area contributed by atoms with Gasteiger partial charge in [-0.2, -0.15) is 0 Å². The van der Waals surface area contributed by atoms with Crippen LogP contribution in [0.25, 0.3) is 0 Å². The maximum atomic E-state index is 12.0. The van der Waals surface area contributed by atoms with E-state index < -0.39 is 0 Å². The maximum Gasteiger partial charge on any atom is 0.221 e. The summed E-state index contributed by atoms with van der Waals surface area (Å²) in [5, 5.41) is 6.61. The lowest BCUT2D eigenvalue weighted by Gasteiger charge is -2.17. The van der Waals surface area contributed by atoms with E-state index in [1.54, 1.807) is 0 Å². The lowest BCUT2D eigenvalue weighted by Crippen LogP contribution is -2.36. The van der Waals surface area contributed by atoms with E-state index in [2.05, 4.69) is 29.7 Å². The van der Waals surface area contributed by atoms with Gasteiger partial charge in [0, 0.05) is 25.0 Å². The predicted octanol–water partition coefficient (Wildman–Crippen LogP) is 3.57. The van der Waals surface area contributed by atoms with Crippen molar-refractivity contribution in [1.29, 1.82) is 0 Å². The molecule has 116 valence electrons. The van der Waals surface area contributed by atoms with E-state index in [0.29, 0.717) is 12.5 Å². The number of nitrogens with one attached hydrogen (secondary N) is 2. The molecule has 0 radical (unpaired) electrons. The van der Waals surface area contributed by atoms with E-state index in [4.69, 9.17) is 0 Å². The average molecular weight is 288 g/mol. The van der Waals surface area contributed by atoms with Gasteiger partial charge in [0.1, 0.15) is 0 Å². The second-order valence-electron chi connectivity index (χ2n) is 6.09. The highest BCUT2D eigenvalue weighted by Gasteiger charge is 2.14. The Morgan fingerprint density at radius 3 is 2.48 bits per heavy atom. The van der Waals surface area contributed by atoms with Crippen molar-refractivity contribution in [3.05, 3.63) is 35.9 Å². The van der Waals surface area contributed by atoms with Crippen LogP contribution in [0.4, 0.5) is 0 Å². The van der Waals surface area contributed by atoms with E-state index in [1.165, 1.54) is 31.2 Å². The summed E-state index contributed by atoms with van der Waals surface area (Å²) in [6.45, 7) is 2.87. The van der Waals surface area contributed by atoms with Crippen LogP contribution >= 0.6 is 0 Å². The Balaban J connectivity index is 1.64. The lowest BCUT2D eigenvalue weighted by molar-refractivity contribution is -0.121. The highest BCUT2D eigenvalue weighted by atomic mass is 16.1. The van der Waals surface area contributed by atoms with Gasteiger partial charge in [-0.25, -0.2) is 0 Å². The molecule has 1 aliphatic carbocycles. The largest absolute Gasteiger partial charge is 0.353 e. The second kappa shape index (κ2) is 8.83. The minimum Gasteiger partial charge on any atom is -0.353 e. The molecule has 1 aromatic rings. The van der Waals surface area contributed by atoms with Gasteiger partial charge < -0.3 is 10.6 Å². The van der Waals surface area contributed by atoms with Gasteiger partial charge in [0.15, 0.2) is 0 Å². The quantitative estimate of drug-likeness (QED) is 0.786. The molecular weight excluding hydrogens is 260 g/mol. The summed E-state index contributed by atoms with van der Waals surface area (Å²) < 4.78 is 0. The normalized spacial score (nSPS) is 18.0. The van der Waals surface area contributed by atoms with Crippen LogP contribution in [0, 0.1) is 0 Å². The van der Waals surface area contributed by atoms with E-state index in [1.807, 2.05) is 18.2 Å². The molecule has 0 spiro atoms. The Morgan fingerprint density at radius 2 is 1.81 bits per heavy atom. The van der Waals surface area contributed by atoms with Gasteiger partial charge in [-0.15, -0.1) is 0 Å². The lowest BCUT2D eigenvalue weighted by atomic mass is 10.1. The van der Waals surface area contributed by atoms with Crippen LogP contribution in [-0.4, -0.2) is 18.5 Å². The zero-order chi connectivity index (χ0) is 14.9. The Bertz CT molecular complexity index is 410. The Morgan fingerprint density at radius 1 is 1.14 bits per heavy atom. The van der Waals surface area contributed by atoms with Gasteiger partial charge in [0.2, 0.25) is 5.91 Å². The van der Waals surface area contributed by atoms with Gasteiger partial charge in [-0.05, 0) is 25.3 Å². The molecule has 2 rings (SSSR count). The van der Waals surface area contributed by atoms with Gasteiger partial charge in [0.25, 0.3) is 0 Å². The monoisotopic (exact) mass is 288 g/mol. The molecule has 1 amide bonds. The number of rotatable bonds is 6. The highest BCUT2D eigenvalue weighted by Crippen LogP contribution is 2.17. The van der Waals surface area contributed by atoms with E-state index in [-0.39, 0.29) is 11.9 Å². The fourth-order valence-electron chi connectivity index (χ4n) is 2.99. The Kier molecular flexibility index (Phi) is 6.74. The SMILES string of the molecule is CC(NCCC(=O)NC1CCCCCC1)c1ccccc1. The Hall–Kier alpha value is -1.35. The van der Waals surface area contributed by atoms with Crippen molar-refractivity contribution in [3.8, 4) is 0 Å². The van der Waals surface area contributed by atoms with E-state index in [9.17, 15) is 4.79 Å². The van der Waals surface area contributed by atoms with Crippen molar-refractivity contribution >= 4 is 5.91 Å². The molecule has 0 heterocycles. The fraction of sp³-hybridized carbons (Fsp3) is 0.611. The molecule has 0 aromatic heterocycles. The van der Waals surface area contributed by atoms with Crippen LogP contribution in [0.5, 0.6) is 0 Å². The van der Waals surface area contributed by atoms with Crippen molar-refractivity contribution in [3.63, 3.8) is 0 Å². The molecule has 1 unspecified atom stereocenters.